The fourth-order valence-electron chi connectivity index (χ4n) is 6.34. The van der Waals surface area contributed by atoms with Crippen molar-refractivity contribution in [1.29, 1.82) is 0 Å². The lowest BCUT2D eigenvalue weighted by Gasteiger charge is -2.20. The van der Waals surface area contributed by atoms with E-state index in [0.717, 1.165) is 6.42 Å². The van der Waals surface area contributed by atoms with Gasteiger partial charge < -0.3 is 0 Å². The van der Waals surface area contributed by atoms with Gasteiger partial charge in [-0.1, -0.05) is 99.5 Å². The van der Waals surface area contributed by atoms with Crippen LogP contribution in [0.1, 0.15) is 69.1 Å². The van der Waals surface area contributed by atoms with Crippen molar-refractivity contribution in [3.05, 3.63) is 89.5 Å². The van der Waals surface area contributed by atoms with E-state index in [9.17, 15) is 0 Å². The first-order chi connectivity index (χ1) is 15.8. The molecule has 0 bridgehead atoms. The largest absolute Gasteiger partial charge is 0.0805 e. The summed E-state index contributed by atoms with van der Waals surface area (Å²) in [5, 5.41) is 5.72. The van der Waals surface area contributed by atoms with Gasteiger partial charge in [0, 0.05) is 0 Å². The van der Waals surface area contributed by atoms with Crippen LogP contribution >= 0.6 is 0 Å². The summed E-state index contributed by atoms with van der Waals surface area (Å²) in [4.78, 5) is 0. The van der Waals surface area contributed by atoms with Crippen molar-refractivity contribution in [1.82, 2.24) is 0 Å². The van der Waals surface area contributed by atoms with Crippen molar-refractivity contribution in [2.45, 2.75) is 52.4 Å². The summed E-state index contributed by atoms with van der Waals surface area (Å²) in [6, 6.07) is 16.1. The molecule has 2 unspecified atom stereocenters. The van der Waals surface area contributed by atoms with Crippen molar-refractivity contribution in [2.75, 3.05) is 0 Å². The molecule has 0 aromatic heterocycles. The molecule has 0 heterocycles. The molecule has 160 valence electrons. The first-order valence-electron chi connectivity index (χ1n) is 12.6. The summed E-state index contributed by atoms with van der Waals surface area (Å²) in [5.74, 6) is 1.37. The van der Waals surface area contributed by atoms with Crippen molar-refractivity contribution < 1.29 is 0 Å². The second-order valence-corrected chi connectivity index (χ2v) is 9.83. The SMILES string of the molecule is CCCC1C=CC(c2c3ccccc3c3c4c(cccc24)C2=C3C=CC(CCC)C2)=CC1. The maximum Gasteiger partial charge on any atom is -0.00170 e. The van der Waals surface area contributed by atoms with Crippen molar-refractivity contribution in [3.63, 3.8) is 0 Å². The molecule has 0 amide bonds. The highest BCUT2D eigenvalue weighted by molar-refractivity contribution is 6.26. The lowest BCUT2D eigenvalue weighted by atomic mass is 9.83. The van der Waals surface area contributed by atoms with Gasteiger partial charge in [-0.15, -0.1) is 0 Å². The lowest BCUT2D eigenvalue weighted by Crippen LogP contribution is -2.02. The fourth-order valence-corrected chi connectivity index (χ4v) is 6.34. The molecule has 0 saturated heterocycles. The van der Waals surface area contributed by atoms with Gasteiger partial charge in [0.1, 0.15) is 0 Å². The van der Waals surface area contributed by atoms with Gasteiger partial charge in [0.2, 0.25) is 0 Å². The summed E-state index contributed by atoms with van der Waals surface area (Å²) in [6.45, 7) is 4.59. The van der Waals surface area contributed by atoms with Crippen LogP contribution in [-0.4, -0.2) is 0 Å². The number of hydrogen-bond donors (Lipinski definition) is 0. The number of benzene rings is 3. The van der Waals surface area contributed by atoms with E-state index in [1.54, 1.807) is 5.57 Å². The molecule has 32 heavy (non-hydrogen) atoms. The van der Waals surface area contributed by atoms with Crippen LogP contribution in [0.15, 0.2) is 72.8 Å². The summed E-state index contributed by atoms with van der Waals surface area (Å²) < 4.78 is 0. The van der Waals surface area contributed by atoms with Gasteiger partial charge in [0.05, 0.1) is 0 Å². The van der Waals surface area contributed by atoms with Crippen LogP contribution in [0, 0.1) is 11.8 Å². The van der Waals surface area contributed by atoms with Crippen LogP contribution in [0.2, 0.25) is 0 Å². The van der Waals surface area contributed by atoms with Crippen molar-refractivity contribution >= 4 is 38.3 Å². The van der Waals surface area contributed by atoms with Gasteiger partial charge in [0.25, 0.3) is 0 Å². The Bertz CT molecular complexity index is 1330. The van der Waals surface area contributed by atoms with E-state index in [0.29, 0.717) is 11.8 Å². The molecule has 3 aliphatic carbocycles. The minimum absolute atomic E-state index is 0.675. The van der Waals surface area contributed by atoms with E-state index in [1.807, 2.05) is 0 Å². The maximum absolute atomic E-state index is 2.50. The van der Waals surface area contributed by atoms with Gasteiger partial charge >= 0.3 is 0 Å². The summed E-state index contributed by atoms with van der Waals surface area (Å²) in [6.07, 6.45) is 19.7. The zero-order chi connectivity index (χ0) is 21.7. The highest BCUT2D eigenvalue weighted by Crippen LogP contribution is 2.52. The van der Waals surface area contributed by atoms with E-state index < -0.39 is 0 Å². The summed E-state index contributed by atoms with van der Waals surface area (Å²) >= 11 is 0. The fraction of sp³-hybridized carbons (Fsp3) is 0.312. The van der Waals surface area contributed by atoms with E-state index in [-0.39, 0.29) is 0 Å². The quantitative estimate of drug-likeness (QED) is 0.363. The Kier molecular flexibility index (Phi) is 4.90. The first kappa shape index (κ1) is 19.8. The van der Waals surface area contributed by atoms with Crippen LogP contribution in [0.5, 0.6) is 0 Å². The average molecular weight is 417 g/mol. The van der Waals surface area contributed by atoms with E-state index in [1.165, 1.54) is 81.5 Å². The van der Waals surface area contributed by atoms with Crippen molar-refractivity contribution in [3.8, 4) is 0 Å². The monoisotopic (exact) mass is 416 g/mol. The minimum Gasteiger partial charge on any atom is -0.0805 e. The van der Waals surface area contributed by atoms with Gasteiger partial charge in [-0.25, -0.2) is 0 Å². The van der Waals surface area contributed by atoms with E-state index in [2.05, 4.69) is 86.7 Å². The van der Waals surface area contributed by atoms with Gasteiger partial charge in [-0.2, -0.15) is 0 Å². The molecular weight excluding hydrogens is 384 g/mol. The second-order valence-electron chi connectivity index (χ2n) is 9.83. The van der Waals surface area contributed by atoms with E-state index in [4.69, 9.17) is 0 Å². The normalized spacial score (nSPS) is 21.5. The third-order valence-corrected chi connectivity index (χ3v) is 7.77. The Labute approximate surface area is 192 Å². The van der Waals surface area contributed by atoms with Crippen LogP contribution in [-0.2, 0) is 0 Å². The predicted octanol–water partition coefficient (Wildman–Crippen LogP) is 9.35. The lowest BCUT2D eigenvalue weighted by molar-refractivity contribution is 0.585. The number of rotatable bonds is 5. The molecule has 3 aromatic carbocycles. The topological polar surface area (TPSA) is 0 Å². The Morgan fingerprint density at radius 2 is 1.47 bits per heavy atom. The molecular formula is C32H32. The third kappa shape index (κ3) is 2.96. The molecule has 6 rings (SSSR count). The molecule has 0 saturated carbocycles. The number of hydrogen-bond acceptors (Lipinski definition) is 0. The molecule has 3 aromatic rings. The molecule has 0 N–H and O–H groups in total. The standard InChI is InChI=1S/C32H32/c1-3-8-21-14-17-23(18-15-21)30-24-10-5-6-11-25(24)31-27-19-16-22(9-4-2)20-29(27)26-12-7-13-28(30)32(26)31/h5-7,10-14,16-19,21-22H,3-4,8-9,15,20H2,1-2H3. The molecule has 0 heteroatoms. The molecule has 0 spiro atoms. The Morgan fingerprint density at radius 3 is 2.22 bits per heavy atom. The minimum atomic E-state index is 0.675. The predicted molar refractivity (Wildman–Crippen MR) is 141 cm³/mol. The van der Waals surface area contributed by atoms with Gasteiger partial charge in [-0.05, 0) is 92.5 Å². The molecule has 0 nitrogen and oxygen atoms in total. The van der Waals surface area contributed by atoms with Crippen LogP contribution in [0.25, 0.3) is 38.3 Å². The smallest absolute Gasteiger partial charge is 0.00170 e. The maximum atomic E-state index is 2.50. The molecule has 0 aliphatic heterocycles. The summed E-state index contributed by atoms with van der Waals surface area (Å²) in [5.41, 5.74) is 8.84. The van der Waals surface area contributed by atoms with Gasteiger partial charge in [-0.3, -0.25) is 0 Å². The van der Waals surface area contributed by atoms with E-state index >= 15 is 0 Å². The number of allylic oxidation sites excluding steroid dienone is 8. The zero-order valence-corrected chi connectivity index (χ0v) is 19.3. The molecule has 0 fully saturated rings. The Balaban J connectivity index is 1.59. The second kappa shape index (κ2) is 7.93. The highest BCUT2D eigenvalue weighted by Gasteiger charge is 2.30. The Morgan fingerprint density at radius 1 is 0.750 bits per heavy atom. The number of fused-ring (bicyclic) bond motifs is 4. The Hall–Kier alpha value is -2.86. The average Bonchev–Trinajstić information content (AvgIpc) is 3.16. The highest BCUT2D eigenvalue weighted by atomic mass is 14.3. The third-order valence-electron chi connectivity index (χ3n) is 7.77. The summed E-state index contributed by atoms with van der Waals surface area (Å²) in [7, 11) is 0. The molecule has 2 atom stereocenters. The molecule has 3 aliphatic rings. The van der Waals surface area contributed by atoms with Crippen LogP contribution in [0.4, 0.5) is 0 Å². The van der Waals surface area contributed by atoms with Crippen LogP contribution < -0.4 is 0 Å². The zero-order valence-electron chi connectivity index (χ0n) is 19.3. The van der Waals surface area contributed by atoms with Crippen molar-refractivity contribution in [2.24, 2.45) is 11.8 Å². The first-order valence-corrected chi connectivity index (χ1v) is 12.6. The molecule has 0 radical (unpaired) electrons. The van der Waals surface area contributed by atoms with Gasteiger partial charge in [0.15, 0.2) is 0 Å². The van der Waals surface area contributed by atoms with Crippen LogP contribution in [0.3, 0.4) is 0 Å².